The molecule has 3 aliphatic rings. The van der Waals surface area contributed by atoms with Crippen LogP contribution in [0, 0.1) is 0 Å². The van der Waals surface area contributed by atoms with E-state index in [1.807, 2.05) is 48.5 Å². The molecular weight excluding hydrogens is 1550 g/mol. The van der Waals surface area contributed by atoms with Crippen molar-refractivity contribution in [1.82, 2.24) is 15.1 Å². The Morgan fingerprint density at radius 3 is 1.43 bits per heavy atom. The topological polar surface area (TPSA) is 353 Å². The zero-order chi connectivity index (χ0) is 85.9. The van der Waals surface area contributed by atoms with Crippen molar-refractivity contribution in [2.24, 2.45) is 0 Å². The van der Waals surface area contributed by atoms with Crippen LogP contribution in [0.15, 0.2) is 116 Å². The third kappa shape index (κ3) is 23.9. The van der Waals surface area contributed by atoms with Gasteiger partial charge in [-0.1, -0.05) is 84.5 Å². The first-order chi connectivity index (χ1) is 55.4. The van der Waals surface area contributed by atoms with E-state index in [4.69, 9.17) is 79.9 Å². The second-order valence-electron chi connectivity index (χ2n) is 30.8. The Labute approximate surface area is 684 Å². The summed E-state index contributed by atoms with van der Waals surface area (Å²) in [6.07, 6.45) is -4.85. The van der Waals surface area contributed by atoms with Gasteiger partial charge in [-0.15, -0.1) is 0 Å². The van der Waals surface area contributed by atoms with Crippen LogP contribution in [0.25, 0.3) is 11.1 Å². The van der Waals surface area contributed by atoms with Gasteiger partial charge < -0.3 is 95.0 Å². The van der Waals surface area contributed by atoms with Gasteiger partial charge in [0.1, 0.15) is 30.5 Å². The summed E-state index contributed by atoms with van der Waals surface area (Å²) in [5, 5.41) is 7.88. The first-order valence-electron chi connectivity index (χ1n) is 38.0. The van der Waals surface area contributed by atoms with Crippen LogP contribution in [-0.2, 0) is 72.5 Å². The number of rotatable bonds is 36. The lowest BCUT2D eigenvalue weighted by Gasteiger charge is -2.43. The average molecular weight is 1660 g/mol. The van der Waals surface area contributed by atoms with Gasteiger partial charge in [0.25, 0.3) is 17.7 Å². The van der Waals surface area contributed by atoms with Crippen LogP contribution in [0.2, 0.25) is 36.3 Å². The Hall–Kier alpha value is -11.0. The highest BCUT2D eigenvalue weighted by Gasteiger charge is 2.56. The standard InChI is InChI=1S/C84H109N5O26Si2/c1-21-34-107-81(97)86-65-43-70(68(102-14)41-62(65)77(94)88-45-56(54-24-28-60(100-12)29-25-54)39-58(88)48-109-116(17,18)83(5,6)7)105-35-22-36-106-71-44-66(63(42-69(71)103-15)78(95)89-46-57(55-26-30-61(101-13)31-27-55)40-59(89)49-110-117(19,20)84(8,9)10)87-82(98)108-47-53-23-32-67(64(38-53)76(93)85-33-37-99-11)114-80-75(113-52(4)92)73(112-51(3)91)72(111-50(2)90)74(115-80)79(96)104-16/h21,23-32,38,41-46,58-59,72-75,80H,1,22,33-37,39-40,47-49H2,2-20H3,(H,85,93)(H,86,97)(H,87,98)/t58-,59-,72-,73-,74-,75+,80+/m0/s1. The van der Waals surface area contributed by atoms with Gasteiger partial charge >= 0.3 is 36.1 Å². The minimum atomic E-state index is -2.42. The highest BCUT2D eigenvalue weighted by atomic mass is 28.4. The van der Waals surface area contributed by atoms with Gasteiger partial charge in [0.05, 0.1) is 109 Å². The SMILES string of the molecule is C=CCOC(=O)Nc1cc(OCCCOc2cc(NC(=O)OCc3ccc(O[C@@H]4O[C@H](C(=O)OC)[C@@H](OC(C)=O)[C@H](OC(C)=O)[C@H]4OC(C)=O)c(C(=O)NCCOC)c3)c(C(=O)N3C=C(c4ccc(OC)cc4)C[C@H]3CO[Si](C)(C)C(C)(C)C)cc2OC)c(OC)cc1C(=O)N1C=C(c2ccc(OC)cc2)C[C@H]1CO[Si](C)(C)C(C)(C)C. The van der Waals surface area contributed by atoms with Crippen molar-refractivity contribution in [1.29, 1.82) is 0 Å². The molecule has 33 heteroatoms. The van der Waals surface area contributed by atoms with Crippen LogP contribution < -0.4 is 49.1 Å². The van der Waals surface area contributed by atoms with E-state index in [2.05, 4.69) is 90.3 Å². The van der Waals surface area contributed by atoms with E-state index in [0.29, 0.717) is 24.3 Å². The Balaban J connectivity index is 1.12. The first kappa shape index (κ1) is 91.5. The van der Waals surface area contributed by atoms with E-state index in [1.54, 1.807) is 36.4 Å². The Kier molecular flexibility index (Phi) is 31.9. The number of nitrogens with one attached hydrogen (secondary N) is 3. The van der Waals surface area contributed by atoms with E-state index < -0.39 is 120 Å². The molecule has 3 N–H and O–H groups in total. The largest absolute Gasteiger partial charge is 0.497 e. The number of carbonyl (C=O) groups is 9. The van der Waals surface area contributed by atoms with Crippen molar-refractivity contribution in [3.63, 3.8) is 0 Å². The van der Waals surface area contributed by atoms with Crippen molar-refractivity contribution in [3.8, 4) is 40.2 Å². The summed E-state index contributed by atoms with van der Waals surface area (Å²) in [4.78, 5) is 127. The number of hydrogen-bond donors (Lipinski definition) is 3. The molecule has 1 saturated heterocycles. The zero-order valence-electron chi connectivity index (χ0n) is 69.9. The molecule has 3 aliphatic heterocycles. The molecule has 0 unspecified atom stereocenters. The molecule has 8 rings (SSSR count). The lowest BCUT2D eigenvalue weighted by atomic mass is 9.97. The summed E-state index contributed by atoms with van der Waals surface area (Å²) in [6.45, 7) is 27.7. The van der Waals surface area contributed by atoms with Crippen LogP contribution in [0.1, 0.15) is 129 Å². The van der Waals surface area contributed by atoms with Crippen LogP contribution in [0.3, 0.4) is 0 Å². The lowest BCUT2D eigenvalue weighted by Crippen LogP contribution is -2.64. The van der Waals surface area contributed by atoms with E-state index >= 15 is 9.59 Å². The molecule has 1 fully saturated rings. The summed E-state index contributed by atoms with van der Waals surface area (Å²) in [6, 6.07) is 23.9. The van der Waals surface area contributed by atoms with Gasteiger partial charge in [0, 0.05) is 65.4 Å². The minimum Gasteiger partial charge on any atom is -0.497 e. The summed E-state index contributed by atoms with van der Waals surface area (Å²) in [7, 11) is 3.66. The number of anilines is 2. The van der Waals surface area contributed by atoms with Gasteiger partial charge in [-0.05, 0) is 125 Å². The molecule has 0 spiro atoms. The van der Waals surface area contributed by atoms with Crippen molar-refractivity contribution in [2.45, 2.75) is 167 Å². The molecule has 0 aromatic heterocycles. The van der Waals surface area contributed by atoms with Crippen LogP contribution in [-0.4, -0.2) is 212 Å². The summed E-state index contributed by atoms with van der Waals surface area (Å²) >= 11 is 0. The van der Waals surface area contributed by atoms with Crippen molar-refractivity contribution in [2.75, 3.05) is 99.5 Å². The average Bonchev–Trinajstić information content (AvgIpc) is 1.41. The molecule has 7 atom stereocenters. The summed E-state index contributed by atoms with van der Waals surface area (Å²) in [5.74, 6) is -4.18. The molecule has 0 bridgehead atoms. The Bertz CT molecular complexity index is 4460. The number of benzene rings is 5. The minimum absolute atomic E-state index is 0.00759. The van der Waals surface area contributed by atoms with E-state index in [9.17, 15) is 33.6 Å². The number of amides is 5. The zero-order valence-corrected chi connectivity index (χ0v) is 71.9. The summed E-state index contributed by atoms with van der Waals surface area (Å²) in [5.41, 5.74) is 3.36. The fourth-order valence-corrected chi connectivity index (χ4v) is 14.3. The van der Waals surface area contributed by atoms with Crippen molar-refractivity contribution in [3.05, 3.63) is 149 Å². The molecule has 31 nitrogen and oxygen atoms in total. The number of ether oxygens (including phenoxy) is 15. The van der Waals surface area contributed by atoms with Gasteiger partial charge in [-0.3, -0.25) is 39.4 Å². The smallest absolute Gasteiger partial charge is 0.411 e. The third-order valence-corrected chi connectivity index (χ3v) is 29.6. The maximum absolute atomic E-state index is 15.7. The van der Waals surface area contributed by atoms with Crippen LogP contribution in [0.4, 0.5) is 21.0 Å². The third-order valence-electron chi connectivity index (χ3n) is 20.6. The fraction of sp³-hybridized carbons (Fsp3) is 0.464. The molecule has 5 aromatic carbocycles. The van der Waals surface area contributed by atoms with Gasteiger partial charge in [-0.2, -0.15) is 0 Å². The molecule has 0 saturated carbocycles. The molecule has 5 aromatic rings. The predicted octanol–water partition coefficient (Wildman–Crippen LogP) is 13.1. The van der Waals surface area contributed by atoms with Crippen LogP contribution >= 0.6 is 0 Å². The van der Waals surface area contributed by atoms with Gasteiger partial charge in [-0.25, -0.2) is 14.4 Å². The van der Waals surface area contributed by atoms with Crippen molar-refractivity contribution < 1.29 is 123 Å². The van der Waals surface area contributed by atoms with Gasteiger partial charge in [0.2, 0.25) is 12.4 Å². The van der Waals surface area contributed by atoms with E-state index in [-0.39, 0.29) is 125 Å². The van der Waals surface area contributed by atoms with Gasteiger partial charge in [0.15, 0.2) is 57.9 Å². The number of carbonyl (C=O) groups excluding carboxylic acids is 9. The molecule has 634 valence electrons. The first-order valence-corrected chi connectivity index (χ1v) is 43.8. The molecule has 5 amide bonds. The lowest BCUT2D eigenvalue weighted by molar-refractivity contribution is -0.282. The highest BCUT2D eigenvalue weighted by Crippen LogP contribution is 2.44. The highest BCUT2D eigenvalue weighted by molar-refractivity contribution is 6.74. The number of nitrogens with zero attached hydrogens (tertiary/aromatic N) is 2. The number of esters is 4. The normalized spacial score (nSPS) is 18.0. The van der Waals surface area contributed by atoms with E-state index in [0.717, 1.165) is 50.2 Å². The van der Waals surface area contributed by atoms with Crippen LogP contribution in [0.5, 0.6) is 40.2 Å². The van der Waals surface area contributed by atoms with E-state index in [1.165, 1.54) is 69.9 Å². The molecule has 0 aliphatic carbocycles. The predicted molar refractivity (Wildman–Crippen MR) is 437 cm³/mol. The molecule has 3 heterocycles. The second kappa shape index (κ2) is 40.7. The maximum atomic E-state index is 15.7. The Morgan fingerprint density at radius 1 is 0.538 bits per heavy atom. The second-order valence-corrected chi connectivity index (χ2v) is 40.4. The number of methoxy groups -OCH3 is 6. The fourth-order valence-electron chi connectivity index (χ4n) is 12.2. The monoisotopic (exact) mass is 1660 g/mol. The van der Waals surface area contributed by atoms with Crippen molar-refractivity contribution >= 4 is 92.9 Å². The molecule has 0 radical (unpaired) electrons. The Morgan fingerprint density at radius 2 is 1.00 bits per heavy atom. The maximum Gasteiger partial charge on any atom is 0.411 e. The molecule has 117 heavy (non-hydrogen) atoms. The molecular formula is C84H109N5O26Si2. The summed E-state index contributed by atoms with van der Waals surface area (Å²) < 4.78 is 99.2. The number of hydrogen-bond acceptors (Lipinski definition) is 26. The quantitative estimate of drug-likeness (QED) is 0.0110.